The predicted octanol–water partition coefficient (Wildman–Crippen LogP) is 4.01. The Morgan fingerprint density at radius 1 is 0.538 bits per heavy atom. The van der Waals surface area contributed by atoms with E-state index in [-0.39, 0.29) is 37.2 Å². The van der Waals surface area contributed by atoms with Gasteiger partial charge in [0.05, 0.1) is 0 Å². The first-order valence-corrected chi connectivity index (χ1v) is 4.73. The average molecular weight is 278 g/mol. The van der Waals surface area contributed by atoms with E-state index in [1.165, 1.54) is 0 Å². The minimum Gasteiger partial charge on any atom is -0.147 e. The Labute approximate surface area is 119 Å². The molecule has 0 saturated heterocycles. The molecule has 0 nitrogen and oxygen atoms in total. The van der Waals surface area contributed by atoms with Crippen LogP contribution in [0.4, 0.5) is 0 Å². The highest BCUT2D eigenvalue weighted by atomic mass is 35.5. The lowest BCUT2D eigenvalue weighted by Crippen LogP contribution is -1.90. The maximum Gasteiger partial charge on any atom is 0.128 e. The van der Waals surface area contributed by atoms with Crippen LogP contribution < -0.4 is 0 Å². The van der Waals surface area contributed by atoms with Gasteiger partial charge in [0, 0.05) is 0 Å². The number of halogens is 3. The minimum atomic E-state index is 0. The first-order chi connectivity index (χ1) is 4.00. The van der Waals surface area contributed by atoms with Gasteiger partial charge in [-0.2, -0.15) is 0 Å². The van der Waals surface area contributed by atoms with Crippen molar-refractivity contribution in [2.45, 2.75) is 50.1 Å². The summed E-state index contributed by atoms with van der Waals surface area (Å²) < 4.78 is 0.833. The van der Waals surface area contributed by atoms with Gasteiger partial charge >= 0.3 is 0 Å². The lowest BCUT2D eigenvalue weighted by molar-refractivity contribution is 0.767. The van der Waals surface area contributed by atoms with Gasteiger partial charge in [-0.15, -0.1) is 45.8 Å². The number of hydrogen-bond acceptors (Lipinski definition) is 0. The summed E-state index contributed by atoms with van der Waals surface area (Å²) in [5.41, 5.74) is 0. The van der Waals surface area contributed by atoms with Crippen molar-refractivity contribution in [3.63, 3.8) is 0 Å². The van der Waals surface area contributed by atoms with Crippen LogP contribution in [0.3, 0.4) is 0 Å². The van der Waals surface area contributed by atoms with E-state index in [0.717, 1.165) is 0 Å². The molecule has 0 aliphatic heterocycles. The SMILES string of the molecule is C[C](C)(C)[Al].C[C](C)(C)[Al].Cl.Cl.Cl. The van der Waals surface area contributed by atoms with Gasteiger partial charge in [0.15, 0.2) is 0 Å². The summed E-state index contributed by atoms with van der Waals surface area (Å²) in [6.45, 7) is 12.9. The van der Waals surface area contributed by atoms with Gasteiger partial charge in [-0.3, -0.25) is 0 Å². The molecule has 0 aliphatic rings. The summed E-state index contributed by atoms with van der Waals surface area (Å²) in [4.78, 5) is 0. The van der Waals surface area contributed by atoms with E-state index < -0.39 is 0 Å². The summed E-state index contributed by atoms with van der Waals surface area (Å²) in [6.07, 6.45) is 0. The molecule has 0 unspecified atom stereocenters. The summed E-state index contributed by atoms with van der Waals surface area (Å²) >= 11 is 5.43. The van der Waals surface area contributed by atoms with Gasteiger partial charge in [0.1, 0.15) is 32.6 Å². The average Bonchev–Trinajstić information content (AvgIpc) is 1.12. The van der Waals surface area contributed by atoms with Crippen LogP contribution in [0.1, 0.15) is 41.5 Å². The lowest BCUT2D eigenvalue weighted by atomic mass is 10.2. The zero-order valence-corrected chi connectivity index (χ0v) is 14.1. The minimum absolute atomic E-state index is 0. The van der Waals surface area contributed by atoms with Crippen LogP contribution in [-0.4, -0.2) is 32.6 Å². The molecule has 0 rings (SSSR count). The maximum absolute atomic E-state index is 2.72. The van der Waals surface area contributed by atoms with Crippen molar-refractivity contribution < 1.29 is 0 Å². The van der Waals surface area contributed by atoms with E-state index in [1.54, 1.807) is 0 Å². The van der Waals surface area contributed by atoms with Crippen molar-refractivity contribution in [3.05, 3.63) is 0 Å². The fourth-order valence-corrected chi connectivity index (χ4v) is 0. The Bertz CT molecular complexity index is 60.4. The van der Waals surface area contributed by atoms with Crippen molar-refractivity contribution in [1.29, 1.82) is 0 Å². The number of rotatable bonds is 0. The van der Waals surface area contributed by atoms with Crippen molar-refractivity contribution in [3.8, 4) is 0 Å². The van der Waals surface area contributed by atoms with Gasteiger partial charge in [-0.1, -0.05) is 41.5 Å². The third-order valence-electron chi connectivity index (χ3n) is 0. The van der Waals surface area contributed by atoms with E-state index in [9.17, 15) is 0 Å². The van der Waals surface area contributed by atoms with Gasteiger partial charge < -0.3 is 0 Å². The topological polar surface area (TPSA) is 0 Å². The quantitative estimate of drug-likeness (QED) is 0.587. The molecule has 0 aromatic carbocycles. The van der Waals surface area contributed by atoms with E-state index in [4.69, 9.17) is 0 Å². The molecule has 0 bridgehead atoms. The summed E-state index contributed by atoms with van der Waals surface area (Å²) in [6, 6.07) is 0. The lowest BCUT2D eigenvalue weighted by Gasteiger charge is -2.07. The molecule has 0 fully saturated rings. The first kappa shape index (κ1) is 29.4. The molecular weight excluding hydrogens is 256 g/mol. The van der Waals surface area contributed by atoms with E-state index in [2.05, 4.69) is 74.1 Å². The Kier molecular flexibility index (Phi) is 27.1. The second-order valence-corrected chi connectivity index (χ2v) is 8.20. The number of hydrogen-bond donors (Lipinski definition) is 0. The first-order valence-electron chi connectivity index (χ1n) is 3.58. The predicted molar refractivity (Wildman–Crippen MR) is 72.7 cm³/mol. The van der Waals surface area contributed by atoms with Crippen molar-refractivity contribution in [1.82, 2.24) is 0 Å². The van der Waals surface area contributed by atoms with E-state index in [0.29, 0.717) is 8.55 Å². The molecule has 0 N–H and O–H groups in total. The molecule has 5 heteroatoms. The van der Waals surface area contributed by atoms with Crippen molar-refractivity contribution in [2.24, 2.45) is 0 Å². The van der Waals surface area contributed by atoms with Crippen LogP contribution in [0.2, 0.25) is 8.55 Å². The Morgan fingerprint density at radius 2 is 0.538 bits per heavy atom. The molecule has 4 radical (unpaired) electrons. The molecule has 0 spiro atoms. The Hall–Kier alpha value is 1.93. The molecule has 0 aromatic heterocycles. The molecule has 0 aliphatic carbocycles. The largest absolute Gasteiger partial charge is 0.147 e. The van der Waals surface area contributed by atoms with Crippen LogP contribution >= 0.6 is 37.2 Å². The molecule has 0 atom stereocenters. The summed E-state index contributed by atoms with van der Waals surface area (Å²) in [5.74, 6) is 0. The van der Waals surface area contributed by atoms with Gasteiger partial charge in [0.25, 0.3) is 0 Å². The highest BCUT2D eigenvalue weighted by molar-refractivity contribution is 6.14. The second-order valence-electron chi connectivity index (χ2n) is 4.73. The Balaban J connectivity index is -0.0000000267. The standard InChI is InChI=1S/2C4H9.2Al.3ClH/c2*1-4(2)3;;;;;/h2*1-3H3;;;3*1H. The maximum atomic E-state index is 2.72. The molecular formula is C8H21Al2Cl3. The molecule has 0 aromatic rings. The van der Waals surface area contributed by atoms with Gasteiger partial charge in [0.2, 0.25) is 0 Å². The third-order valence-corrected chi connectivity index (χ3v) is 0. The summed E-state index contributed by atoms with van der Waals surface area (Å²) in [7, 11) is 0. The van der Waals surface area contributed by atoms with E-state index in [1.807, 2.05) is 0 Å². The third kappa shape index (κ3) is 530. The smallest absolute Gasteiger partial charge is 0.128 e. The van der Waals surface area contributed by atoms with Crippen molar-refractivity contribution in [2.75, 3.05) is 0 Å². The molecule has 80 valence electrons. The second kappa shape index (κ2) is 12.0. The zero-order chi connectivity index (χ0) is 9.00. The highest BCUT2D eigenvalue weighted by Gasteiger charge is 1.94. The zero-order valence-electron chi connectivity index (χ0n) is 9.38. The summed E-state index contributed by atoms with van der Waals surface area (Å²) in [5, 5.41) is 0. The van der Waals surface area contributed by atoms with Crippen molar-refractivity contribution >= 4 is 69.8 Å². The molecule has 13 heavy (non-hydrogen) atoms. The van der Waals surface area contributed by atoms with E-state index >= 15 is 0 Å². The van der Waals surface area contributed by atoms with Crippen LogP contribution in [0.25, 0.3) is 0 Å². The fourth-order valence-electron chi connectivity index (χ4n) is 0. The van der Waals surface area contributed by atoms with Gasteiger partial charge in [-0.05, 0) is 0 Å². The van der Waals surface area contributed by atoms with Gasteiger partial charge in [-0.25, -0.2) is 0 Å². The molecule has 0 amide bonds. The fraction of sp³-hybridized carbons (Fsp3) is 1.00. The normalized spacial score (nSPS) is 9.08. The highest BCUT2D eigenvalue weighted by Crippen LogP contribution is 2.13. The molecule has 0 saturated carbocycles. The van der Waals surface area contributed by atoms with Crippen LogP contribution in [0.15, 0.2) is 0 Å². The van der Waals surface area contributed by atoms with Crippen LogP contribution in [0, 0.1) is 0 Å². The van der Waals surface area contributed by atoms with Crippen LogP contribution in [0.5, 0.6) is 0 Å². The Morgan fingerprint density at radius 3 is 0.538 bits per heavy atom. The monoisotopic (exact) mass is 276 g/mol. The molecule has 0 heterocycles. The van der Waals surface area contributed by atoms with Crippen LogP contribution in [-0.2, 0) is 0 Å².